The van der Waals surface area contributed by atoms with E-state index in [9.17, 15) is 9.59 Å². The van der Waals surface area contributed by atoms with E-state index < -0.39 is 11.9 Å². The number of amides is 3. The minimum atomic E-state index is -0.532. The van der Waals surface area contributed by atoms with Gasteiger partial charge in [0, 0.05) is 4.47 Å². The Morgan fingerprint density at radius 1 is 1.25 bits per heavy atom. The summed E-state index contributed by atoms with van der Waals surface area (Å²) < 4.78 is 11.4. The topological polar surface area (TPSA) is 76.7 Å². The van der Waals surface area contributed by atoms with Gasteiger partial charge in [-0.05, 0) is 30.7 Å². The normalized spacial score (nSPS) is 16.1. The second kappa shape index (κ2) is 5.96. The van der Waals surface area contributed by atoms with Gasteiger partial charge in [0.1, 0.15) is 5.70 Å². The van der Waals surface area contributed by atoms with Gasteiger partial charge >= 0.3 is 6.03 Å². The van der Waals surface area contributed by atoms with Gasteiger partial charge < -0.3 is 14.8 Å². The van der Waals surface area contributed by atoms with Crippen LogP contribution in [-0.2, 0) is 4.79 Å². The average Bonchev–Trinajstić information content (AvgIpc) is 2.71. The van der Waals surface area contributed by atoms with E-state index in [0.29, 0.717) is 23.7 Å². The van der Waals surface area contributed by atoms with Crippen LogP contribution in [0.25, 0.3) is 6.08 Å². The molecule has 3 amide bonds. The highest BCUT2D eigenvalue weighted by Crippen LogP contribution is 2.34. The Balaban J connectivity index is 2.40. The molecule has 1 aromatic carbocycles. The van der Waals surface area contributed by atoms with Crippen LogP contribution in [0.15, 0.2) is 22.3 Å². The first kappa shape index (κ1) is 14.4. The highest BCUT2D eigenvalue weighted by Gasteiger charge is 2.23. The molecule has 0 spiro atoms. The quantitative estimate of drug-likeness (QED) is 0.649. The summed E-state index contributed by atoms with van der Waals surface area (Å²) in [6.45, 7) is 2.39. The molecule has 6 nitrogen and oxygen atoms in total. The number of ether oxygens (including phenoxy) is 2. The highest BCUT2D eigenvalue weighted by atomic mass is 79.9. The molecule has 2 N–H and O–H groups in total. The van der Waals surface area contributed by atoms with Crippen molar-refractivity contribution in [3.8, 4) is 11.5 Å². The van der Waals surface area contributed by atoms with Crippen molar-refractivity contribution in [3.05, 3.63) is 27.9 Å². The third kappa shape index (κ3) is 2.93. The molecule has 106 valence electrons. The average molecular weight is 341 g/mol. The molecule has 1 aliphatic rings. The number of methoxy groups -OCH3 is 1. The number of rotatable bonds is 4. The Kier molecular flexibility index (Phi) is 4.29. The smallest absolute Gasteiger partial charge is 0.326 e. The van der Waals surface area contributed by atoms with E-state index in [-0.39, 0.29) is 5.70 Å². The summed E-state index contributed by atoms with van der Waals surface area (Å²) >= 11 is 3.40. The third-order valence-corrected chi connectivity index (χ3v) is 3.29. The fourth-order valence-electron chi connectivity index (χ4n) is 1.73. The Bertz CT molecular complexity index is 598. The molecule has 0 saturated carbocycles. The summed E-state index contributed by atoms with van der Waals surface area (Å²) in [4.78, 5) is 22.6. The molecule has 0 unspecified atom stereocenters. The first-order chi connectivity index (χ1) is 9.55. The van der Waals surface area contributed by atoms with Gasteiger partial charge in [0.15, 0.2) is 11.5 Å². The van der Waals surface area contributed by atoms with Crippen LogP contribution in [0.5, 0.6) is 11.5 Å². The van der Waals surface area contributed by atoms with E-state index in [2.05, 4.69) is 26.6 Å². The third-order valence-electron chi connectivity index (χ3n) is 2.60. The molecule has 0 aromatic heterocycles. The number of urea groups is 1. The number of nitrogens with one attached hydrogen (secondary N) is 2. The summed E-state index contributed by atoms with van der Waals surface area (Å²) in [5.74, 6) is 0.685. The van der Waals surface area contributed by atoms with Gasteiger partial charge in [-0.25, -0.2) is 4.79 Å². The summed E-state index contributed by atoms with van der Waals surface area (Å²) in [6, 6.07) is 2.94. The lowest BCUT2D eigenvalue weighted by Gasteiger charge is -2.11. The maximum absolute atomic E-state index is 11.5. The van der Waals surface area contributed by atoms with Crippen LogP contribution in [0.2, 0.25) is 0 Å². The first-order valence-corrected chi connectivity index (χ1v) is 6.68. The van der Waals surface area contributed by atoms with Crippen LogP contribution in [0.4, 0.5) is 4.79 Å². The molecular formula is C13H13BrN2O4. The lowest BCUT2D eigenvalue weighted by atomic mass is 10.1. The molecular weight excluding hydrogens is 328 g/mol. The zero-order valence-corrected chi connectivity index (χ0v) is 12.5. The molecule has 0 aliphatic carbocycles. The standard InChI is InChI=1S/C13H13BrN2O4/c1-3-20-11-6-8(14)7(5-10(11)19-2)4-9-12(17)16-13(18)15-9/h4-6H,3H2,1-2H3,(H2,15,16,17,18)/b9-4+. The molecule has 1 aliphatic heterocycles. The lowest BCUT2D eigenvalue weighted by molar-refractivity contribution is -0.115. The molecule has 0 bridgehead atoms. The maximum atomic E-state index is 11.5. The Hall–Kier alpha value is -2.02. The van der Waals surface area contributed by atoms with Crippen molar-refractivity contribution in [1.82, 2.24) is 10.6 Å². The Labute approximate surface area is 124 Å². The summed E-state index contributed by atoms with van der Waals surface area (Å²) in [5, 5.41) is 4.56. The summed E-state index contributed by atoms with van der Waals surface area (Å²) in [5.41, 5.74) is 0.875. The number of hydrogen-bond acceptors (Lipinski definition) is 4. The highest BCUT2D eigenvalue weighted by molar-refractivity contribution is 9.10. The van der Waals surface area contributed by atoms with Gasteiger partial charge in [-0.1, -0.05) is 15.9 Å². The number of carbonyl (C=O) groups is 2. The fourth-order valence-corrected chi connectivity index (χ4v) is 2.16. The first-order valence-electron chi connectivity index (χ1n) is 5.89. The largest absolute Gasteiger partial charge is 0.493 e. The van der Waals surface area contributed by atoms with Gasteiger partial charge in [-0.2, -0.15) is 0 Å². The van der Waals surface area contributed by atoms with Crippen molar-refractivity contribution in [2.45, 2.75) is 6.92 Å². The summed E-state index contributed by atoms with van der Waals surface area (Å²) in [7, 11) is 1.53. The van der Waals surface area contributed by atoms with E-state index in [1.165, 1.54) is 7.11 Å². The van der Waals surface area contributed by atoms with Gasteiger partial charge in [0.05, 0.1) is 13.7 Å². The van der Waals surface area contributed by atoms with E-state index in [4.69, 9.17) is 9.47 Å². The van der Waals surface area contributed by atoms with Crippen molar-refractivity contribution in [3.63, 3.8) is 0 Å². The number of hydrogen-bond donors (Lipinski definition) is 2. The second-order valence-electron chi connectivity index (χ2n) is 3.92. The zero-order valence-electron chi connectivity index (χ0n) is 11.0. The van der Waals surface area contributed by atoms with Gasteiger partial charge in [0.25, 0.3) is 5.91 Å². The van der Waals surface area contributed by atoms with E-state index >= 15 is 0 Å². The molecule has 1 saturated heterocycles. The van der Waals surface area contributed by atoms with Crippen LogP contribution < -0.4 is 20.1 Å². The number of carbonyl (C=O) groups excluding carboxylic acids is 2. The molecule has 1 heterocycles. The van der Waals surface area contributed by atoms with Crippen molar-refractivity contribution >= 4 is 33.9 Å². The van der Waals surface area contributed by atoms with Gasteiger partial charge in [0.2, 0.25) is 0 Å². The van der Waals surface area contributed by atoms with Crippen molar-refractivity contribution in [2.24, 2.45) is 0 Å². The van der Waals surface area contributed by atoms with Crippen LogP contribution in [0, 0.1) is 0 Å². The number of benzene rings is 1. The predicted molar refractivity (Wildman–Crippen MR) is 76.5 cm³/mol. The molecule has 7 heteroatoms. The SMILES string of the molecule is CCOc1cc(Br)c(/C=C2/NC(=O)NC2=O)cc1OC. The van der Waals surface area contributed by atoms with Crippen LogP contribution in [-0.4, -0.2) is 25.7 Å². The molecule has 0 radical (unpaired) electrons. The Morgan fingerprint density at radius 3 is 2.55 bits per heavy atom. The van der Waals surface area contributed by atoms with Crippen molar-refractivity contribution < 1.29 is 19.1 Å². The molecule has 20 heavy (non-hydrogen) atoms. The minimum Gasteiger partial charge on any atom is -0.493 e. The van der Waals surface area contributed by atoms with Gasteiger partial charge in [-0.3, -0.25) is 10.1 Å². The number of imide groups is 1. The molecule has 0 atom stereocenters. The van der Waals surface area contributed by atoms with E-state index in [1.54, 1.807) is 18.2 Å². The fraction of sp³-hybridized carbons (Fsp3) is 0.231. The second-order valence-corrected chi connectivity index (χ2v) is 4.78. The van der Waals surface area contributed by atoms with Crippen molar-refractivity contribution in [2.75, 3.05) is 13.7 Å². The van der Waals surface area contributed by atoms with Crippen LogP contribution >= 0.6 is 15.9 Å². The van der Waals surface area contributed by atoms with E-state index in [1.807, 2.05) is 6.92 Å². The molecule has 2 rings (SSSR count). The van der Waals surface area contributed by atoms with Crippen LogP contribution in [0.3, 0.4) is 0 Å². The lowest BCUT2D eigenvalue weighted by Crippen LogP contribution is -2.22. The summed E-state index contributed by atoms with van der Waals surface area (Å²) in [6.07, 6.45) is 1.56. The molecule has 1 aromatic rings. The minimum absolute atomic E-state index is 0.182. The molecule has 1 fully saturated rings. The van der Waals surface area contributed by atoms with Crippen molar-refractivity contribution in [1.29, 1.82) is 0 Å². The number of halogens is 1. The van der Waals surface area contributed by atoms with E-state index in [0.717, 1.165) is 4.47 Å². The predicted octanol–water partition coefficient (Wildman–Crippen LogP) is 2.04. The monoisotopic (exact) mass is 340 g/mol. The Morgan fingerprint density at radius 2 is 2.00 bits per heavy atom. The maximum Gasteiger partial charge on any atom is 0.326 e. The van der Waals surface area contributed by atoms with Gasteiger partial charge in [-0.15, -0.1) is 0 Å². The zero-order chi connectivity index (χ0) is 14.7. The van der Waals surface area contributed by atoms with Crippen LogP contribution in [0.1, 0.15) is 12.5 Å².